The standard InChI is InChI=1S/C18H36N4O3S.HI/c1-3-19-17(21-14-18(2)10-5-4-9-16(18)23)20-11-12-26(24,25)22-13-15-7-6-8-15;/h15-16,22-23H,3-14H2,1-2H3,(H2,19,20,21);1H. The molecule has 0 saturated heterocycles. The summed E-state index contributed by atoms with van der Waals surface area (Å²) >= 11 is 0. The van der Waals surface area contributed by atoms with Gasteiger partial charge >= 0.3 is 0 Å². The largest absolute Gasteiger partial charge is 0.392 e. The Morgan fingerprint density at radius 1 is 1.19 bits per heavy atom. The van der Waals surface area contributed by atoms with Gasteiger partial charge in [0, 0.05) is 25.0 Å². The second kappa shape index (κ2) is 11.8. The van der Waals surface area contributed by atoms with Crippen LogP contribution < -0.4 is 15.4 Å². The van der Waals surface area contributed by atoms with Crippen LogP contribution in [-0.2, 0) is 10.0 Å². The average Bonchev–Trinajstić information content (AvgIpc) is 2.54. The molecule has 0 heterocycles. The number of aliphatic hydroxyl groups excluding tert-OH is 1. The van der Waals surface area contributed by atoms with E-state index in [1.807, 2.05) is 6.92 Å². The number of sulfonamides is 1. The molecule has 2 aliphatic carbocycles. The minimum absolute atomic E-state index is 0. The number of nitrogens with zero attached hydrogens (tertiary/aromatic N) is 1. The van der Waals surface area contributed by atoms with E-state index in [-0.39, 0.29) is 41.2 Å². The molecule has 0 bridgehead atoms. The molecule has 2 unspecified atom stereocenters. The van der Waals surface area contributed by atoms with Crippen LogP contribution in [0, 0.1) is 11.3 Å². The van der Waals surface area contributed by atoms with E-state index in [2.05, 4.69) is 27.3 Å². The third kappa shape index (κ3) is 8.41. The Bertz CT molecular complexity index is 569. The lowest BCUT2D eigenvalue weighted by Crippen LogP contribution is -2.43. The zero-order valence-electron chi connectivity index (χ0n) is 16.7. The van der Waals surface area contributed by atoms with E-state index in [0.717, 1.165) is 38.5 Å². The molecule has 7 nitrogen and oxygen atoms in total. The van der Waals surface area contributed by atoms with Gasteiger partial charge in [-0.15, -0.1) is 24.0 Å². The van der Waals surface area contributed by atoms with Crippen molar-refractivity contribution in [2.75, 3.05) is 31.9 Å². The summed E-state index contributed by atoms with van der Waals surface area (Å²) in [6, 6.07) is 0. The zero-order valence-corrected chi connectivity index (χ0v) is 19.8. The number of rotatable bonds is 9. The topological polar surface area (TPSA) is 103 Å². The smallest absolute Gasteiger partial charge is 0.213 e. The molecule has 2 aliphatic rings. The Balaban J connectivity index is 0.00000364. The van der Waals surface area contributed by atoms with Gasteiger partial charge in [0.15, 0.2) is 5.96 Å². The lowest BCUT2D eigenvalue weighted by atomic mass is 9.73. The van der Waals surface area contributed by atoms with Crippen LogP contribution in [0.15, 0.2) is 4.99 Å². The normalized spacial score (nSPS) is 26.8. The van der Waals surface area contributed by atoms with E-state index < -0.39 is 10.0 Å². The molecule has 0 aromatic heterocycles. The quantitative estimate of drug-likeness (QED) is 0.213. The van der Waals surface area contributed by atoms with Crippen LogP contribution in [-0.4, -0.2) is 57.5 Å². The summed E-state index contributed by atoms with van der Waals surface area (Å²) in [5.41, 5.74) is -0.197. The number of nitrogens with one attached hydrogen (secondary N) is 3. The molecule has 27 heavy (non-hydrogen) atoms. The molecule has 160 valence electrons. The summed E-state index contributed by atoms with van der Waals surface area (Å²) < 4.78 is 26.8. The van der Waals surface area contributed by atoms with Gasteiger partial charge in [-0.25, -0.2) is 13.1 Å². The molecule has 0 aromatic rings. The van der Waals surface area contributed by atoms with Crippen molar-refractivity contribution in [3.8, 4) is 0 Å². The van der Waals surface area contributed by atoms with Gasteiger partial charge in [-0.3, -0.25) is 4.99 Å². The van der Waals surface area contributed by atoms with Crippen LogP contribution in [0.1, 0.15) is 58.8 Å². The maximum Gasteiger partial charge on any atom is 0.213 e. The fourth-order valence-electron chi connectivity index (χ4n) is 3.49. The molecule has 4 N–H and O–H groups in total. The van der Waals surface area contributed by atoms with Gasteiger partial charge < -0.3 is 15.7 Å². The lowest BCUT2D eigenvalue weighted by molar-refractivity contribution is 0.00716. The maximum atomic E-state index is 12.1. The second-order valence-electron chi connectivity index (χ2n) is 8.00. The van der Waals surface area contributed by atoms with Crippen LogP contribution in [0.2, 0.25) is 0 Å². The molecular formula is C18H37IN4O3S. The van der Waals surface area contributed by atoms with E-state index in [1.165, 1.54) is 6.42 Å². The van der Waals surface area contributed by atoms with Gasteiger partial charge in [0.2, 0.25) is 10.0 Å². The van der Waals surface area contributed by atoms with Crippen molar-refractivity contribution in [3.05, 3.63) is 0 Å². The summed E-state index contributed by atoms with van der Waals surface area (Å²) in [6.07, 6.45) is 7.15. The number of hydrogen-bond donors (Lipinski definition) is 4. The third-order valence-electron chi connectivity index (χ3n) is 5.70. The first kappa shape index (κ1) is 24.9. The fourth-order valence-corrected chi connectivity index (χ4v) is 4.49. The van der Waals surface area contributed by atoms with Crippen molar-refractivity contribution in [1.82, 2.24) is 15.4 Å². The lowest BCUT2D eigenvalue weighted by Gasteiger charge is -2.37. The number of halogens is 1. The van der Waals surface area contributed by atoms with Crippen molar-refractivity contribution in [2.24, 2.45) is 16.3 Å². The number of aliphatic hydroxyl groups is 1. The Kier molecular flexibility index (Phi) is 10.9. The maximum absolute atomic E-state index is 12.1. The first-order chi connectivity index (χ1) is 12.3. The number of guanidine groups is 1. The Morgan fingerprint density at radius 3 is 2.52 bits per heavy atom. The molecule has 2 saturated carbocycles. The van der Waals surface area contributed by atoms with Crippen LogP contribution in [0.25, 0.3) is 0 Å². The Labute approximate surface area is 181 Å². The first-order valence-electron chi connectivity index (χ1n) is 10.0. The van der Waals surface area contributed by atoms with Gasteiger partial charge in [-0.1, -0.05) is 26.2 Å². The van der Waals surface area contributed by atoms with Gasteiger partial charge in [-0.2, -0.15) is 0 Å². The van der Waals surface area contributed by atoms with E-state index in [1.54, 1.807) is 0 Å². The van der Waals surface area contributed by atoms with Gasteiger partial charge in [0.05, 0.1) is 18.4 Å². The summed E-state index contributed by atoms with van der Waals surface area (Å²) in [5.74, 6) is 1.16. The predicted octanol–water partition coefficient (Wildman–Crippen LogP) is 1.82. The fraction of sp³-hybridized carbons (Fsp3) is 0.944. The van der Waals surface area contributed by atoms with Gasteiger partial charge in [-0.05, 0) is 38.5 Å². The van der Waals surface area contributed by atoms with E-state index >= 15 is 0 Å². The highest BCUT2D eigenvalue weighted by Gasteiger charge is 2.35. The molecular weight excluding hydrogens is 479 g/mol. The van der Waals surface area contributed by atoms with E-state index in [9.17, 15) is 13.5 Å². The molecule has 2 atom stereocenters. The Morgan fingerprint density at radius 2 is 1.93 bits per heavy atom. The summed E-state index contributed by atoms with van der Waals surface area (Å²) in [6.45, 7) is 6.18. The molecule has 0 amide bonds. The van der Waals surface area contributed by atoms with Crippen molar-refractivity contribution in [1.29, 1.82) is 0 Å². The summed E-state index contributed by atoms with van der Waals surface area (Å²) in [5, 5.41) is 16.5. The van der Waals surface area contributed by atoms with Gasteiger partial charge in [0.1, 0.15) is 0 Å². The van der Waals surface area contributed by atoms with Crippen molar-refractivity contribution >= 4 is 40.0 Å². The molecule has 0 aliphatic heterocycles. The summed E-state index contributed by atoms with van der Waals surface area (Å²) in [4.78, 5) is 4.59. The number of aliphatic imine (C=N–C) groups is 1. The predicted molar refractivity (Wildman–Crippen MR) is 121 cm³/mol. The highest BCUT2D eigenvalue weighted by molar-refractivity contribution is 14.0. The monoisotopic (exact) mass is 516 g/mol. The minimum atomic E-state index is -3.26. The van der Waals surface area contributed by atoms with Crippen molar-refractivity contribution in [3.63, 3.8) is 0 Å². The molecule has 2 rings (SSSR count). The van der Waals surface area contributed by atoms with Crippen LogP contribution >= 0.6 is 24.0 Å². The van der Waals surface area contributed by atoms with Crippen molar-refractivity contribution in [2.45, 2.75) is 64.9 Å². The molecule has 2 fully saturated rings. The van der Waals surface area contributed by atoms with Crippen LogP contribution in [0.3, 0.4) is 0 Å². The third-order valence-corrected chi connectivity index (χ3v) is 7.05. The highest BCUT2D eigenvalue weighted by Crippen LogP contribution is 2.36. The first-order valence-corrected chi connectivity index (χ1v) is 11.7. The van der Waals surface area contributed by atoms with Crippen LogP contribution in [0.4, 0.5) is 0 Å². The highest BCUT2D eigenvalue weighted by atomic mass is 127. The number of hydrogen-bond acceptors (Lipinski definition) is 4. The van der Waals surface area contributed by atoms with Gasteiger partial charge in [0.25, 0.3) is 0 Å². The molecule has 0 radical (unpaired) electrons. The van der Waals surface area contributed by atoms with E-state index in [4.69, 9.17) is 0 Å². The van der Waals surface area contributed by atoms with Crippen molar-refractivity contribution < 1.29 is 13.5 Å². The van der Waals surface area contributed by atoms with E-state index in [0.29, 0.717) is 38.1 Å². The SMILES string of the molecule is CCNC(=NCC1(C)CCCCC1O)NCCS(=O)(=O)NCC1CCC1.I. The average molecular weight is 516 g/mol. The molecule has 0 spiro atoms. The second-order valence-corrected chi connectivity index (χ2v) is 9.93. The Hall–Kier alpha value is -0.130. The van der Waals surface area contributed by atoms with Crippen LogP contribution in [0.5, 0.6) is 0 Å². The minimum Gasteiger partial charge on any atom is -0.392 e. The molecule has 0 aromatic carbocycles. The molecule has 9 heteroatoms. The summed E-state index contributed by atoms with van der Waals surface area (Å²) in [7, 11) is -3.26. The zero-order chi connectivity index (χ0) is 19.0.